The summed E-state index contributed by atoms with van der Waals surface area (Å²) in [6, 6.07) is 0. The molecule has 0 saturated carbocycles. The second-order valence-electron chi connectivity index (χ2n) is 2.89. The fourth-order valence-electron chi connectivity index (χ4n) is 1.21. The maximum atomic E-state index is 11.1. The molecule has 1 heterocycles. The van der Waals surface area contributed by atoms with Crippen LogP contribution in [-0.4, -0.2) is 46.5 Å². The summed E-state index contributed by atoms with van der Waals surface area (Å²) in [5.74, 6) is -1.68. The van der Waals surface area contributed by atoms with Gasteiger partial charge in [0.2, 0.25) is 0 Å². The minimum absolute atomic E-state index is 0.305. The molecule has 0 aromatic heterocycles. The number of carbonyl (C=O) groups excluding carboxylic acids is 1. The first-order valence-electron chi connectivity index (χ1n) is 3.87. The van der Waals surface area contributed by atoms with E-state index in [4.69, 9.17) is 15.1 Å². The molecule has 13 heavy (non-hydrogen) atoms. The molecule has 1 aliphatic heterocycles. The number of hydrogen-bond acceptors (Lipinski definition) is 4. The van der Waals surface area contributed by atoms with Crippen molar-refractivity contribution in [3.63, 3.8) is 0 Å². The number of carboxylic acid groups (broad SMARTS) is 1. The van der Waals surface area contributed by atoms with Crippen LogP contribution in [0.1, 0.15) is 12.8 Å². The number of ether oxygens (including phenoxy) is 1. The Hall–Kier alpha value is -1.14. The highest BCUT2D eigenvalue weighted by atomic mass is 16.6. The molecular formula is C7H11NO5. The Labute approximate surface area is 74.7 Å². The largest absolute Gasteiger partial charge is 0.479 e. The number of carbonyl (C=O) groups is 2. The van der Waals surface area contributed by atoms with E-state index in [-0.39, 0.29) is 0 Å². The molecule has 0 radical (unpaired) electrons. The lowest BCUT2D eigenvalue weighted by Crippen LogP contribution is -2.35. The number of nitrogens with zero attached hydrogens (tertiary/aromatic N) is 1. The molecule has 6 heteroatoms. The monoisotopic (exact) mass is 189 g/mol. The molecule has 1 rings (SSSR count). The summed E-state index contributed by atoms with van der Waals surface area (Å²) in [6.45, 7) is 0. The van der Waals surface area contributed by atoms with Gasteiger partial charge in [-0.1, -0.05) is 0 Å². The van der Waals surface area contributed by atoms with Gasteiger partial charge in [0.05, 0.1) is 0 Å². The molecule has 0 unspecified atom stereocenters. The molecule has 1 aliphatic rings. The van der Waals surface area contributed by atoms with Crippen LogP contribution in [0.15, 0.2) is 0 Å². The fraction of sp³-hybridized carbons (Fsp3) is 0.714. The summed E-state index contributed by atoms with van der Waals surface area (Å²) in [5, 5.41) is 17.7. The zero-order chi connectivity index (χ0) is 10.0. The lowest BCUT2D eigenvalue weighted by molar-refractivity contribution is -0.173. The second kappa shape index (κ2) is 3.71. The van der Waals surface area contributed by atoms with E-state index in [1.165, 1.54) is 7.05 Å². The minimum atomic E-state index is -1.07. The zero-order valence-electron chi connectivity index (χ0n) is 7.14. The molecule has 0 spiro atoms. The predicted octanol–water partition coefficient (Wildman–Crippen LogP) is -0.534. The first-order chi connectivity index (χ1) is 6.02. The number of hydroxylamine groups is 2. The normalized spacial score (nSPS) is 27.2. The average molecular weight is 189 g/mol. The van der Waals surface area contributed by atoms with Gasteiger partial charge in [-0.25, -0.2) is 9.86 Å². The van der Waals surface area contributed by atoms with Crippen LogP contribution in [0, 0.1) is 0 Å². The Kier molecular flexibility index (Phi) is 2.84. The van der Waals surface area contributed by atoms with Crippen LogP contribution in [0.5, 0.6) is 0 Å². The molecule has 0 aromatic carbocycles. The molecule has 0 bridgehead atoms. The van der Waals surface area contributed by atoms with Crippen molar-refractivity contribution in [3.8, 4) is 0 Å². The average Bonchev–Trinajstić information content (AvgIpc) is 2.50. The Morgan fingerprint density at radius 1 is 1.38 bits per heavy atom. The summed E-state index contributed by atoms with van der Waals surface area (Å²) >= 11 is 0. The SMILES string of the molecule is CN(O)C(=O)[C@@H]1CC[C@H](C(=O)O)O1. The van der Waals surface area contributed by atoms with E-state index in [0.717, 1.165) is 0 Å². The Balaban J connectivity index is 2.50. The third-order valence-electron chi connectivity index (χ3n) is 1.89. The Morgan fingerprint density at radius 2 is 1.92 bits per heavy atom. The topological polar surface area (TPSA) is 87.1 Å². The van der Waals surface area contributed by atoms with Crippen molar-refractivity contribution >= 4 is 11.9 Å². The van der Waals surface area contributed by atoms with E-state index in [1.54, 1.807) is 0 Å². The quantitative estimate of drug-likeness (QED) is 0.450. The van der Waals surface area contributed by atoms with Crippen LogP contribution in [0.4, 0.5) is 0 Å². The number of amides is 1. The summed E-state index contributed by atoms with van der Waals surface area (Å²) in [4.78, 5) is 21.5. The van der Waals surface area contributed by atoms with Gasteiger partial charge in [-0.05, 0) is 12.8 Å². The van der Waals surface area contributed by atoms with Gasteiger partial charge in [0, 0.05) is 7.05 Å². The molecule has 74 valence electrons. The van der Waals surface area contributed by atoms with E-state index >= 15 is 0 Å². The zero-order valence-corrected chi connectivity index (χ0v) is 7.14. The Morgan fingerprint density at radius 3 is 2.31 bits per heavy atom. The molecule has 1 fully saturated rings. The lowest BCUT2D eigenvalue weighted by Gasteiger charge is -2.14. The molecule has 2 N–H and O–H groups in total. The van der Waals surface area contributed by atoms with Gasteiger partial charge in [-0.2, -0.15) is 0 Å². The predicted molar refractivity (Wildman–Crippen MR) is 40.1 cm³/mol. The van der Waals surface area contributed by atoms with E-state index in [2.05, 4.69) is 0 Å². The molecular weight excluding hydrogens is 178 g/mol. The number of rotatable bonds is 2. The van der Waals surface area contributed by atoms with E-state index in [1.807, 2.05) is 0 Å². The van der Waals surface area contributed by atoms with Gasteiger partial charge in [0.15, 0.2) is 6.10 Å². The summed E-state index contributed by atoms with van der Waals surface area (Å²) in [7, 11) is 1.18. The van der Waals surface area contributed by atoms with Crippen molar-refractivity contribution in [2.75, 3.05) is 7.05 Å². The first-order valence-corrected chi connectivity index (χ1v) is 3.87. The number of likely N-dealkylation sites (N-methyl/N-ethyl adjacent to an activating group) is 1. The van der Waals surface area contributed by atoms with Crippen molar-refractivity contribution < 1.29 is 24.6 Å². The van der Waals surface area contributed by atoms with Gasteiger partial charge < -0.3 is 9.84 Å². The fourth-order valence-corrected chi connectivity index (χ4v) is 1.21. The highest BCUT2D eigenvalue weighted by molar-refractivity contribution is 5.81. The lowest BCUT2D eigenvalue weighted by atomic mass is 10.2. The molecule has 0 aliphatic carbocycles. The van der Waals surface area contributed by atoms with Crippen molar-refractivity contribution in [3.05, 3.63) is 0 Å². The van der Waals surface area contributed by atoms with E-state index in [0.29, 0.717) is 17.9 Å². The van der Waals surface area contributed by atoms with Gasteiger partial charge >= 0.3 is 5.97 Å². The third-order valence-corrected chi connectivity index (χ3v) is 1.89. The first kappa shape index (κ1) is 9.94. The number of hydrogen-bond donors (Lipinski definition) is 2. The maximum Gasteiger partial charge on any atom is 0.332 e. The van der Waals surface area contributed by atoms with Gasteiger partial charge in [0.25, 0.3) is 5.91 Å². The highest BCUT2D eigenvalue weighted by Crippen LogP contribution is 2.20. The third kappa shape index (κ3) is 2.16. The summed E-state index contributed by atoms with van der Waals surface area (Å²) in [6.07, 6.45) is -1.11. The van der Waals surface area contributed by atoms with Crippen LogP contribution in [0.25, 0.3) is 0 Å². The molecule has 2 atom stereocenters. The van der Waals surface area contributed by atoms with E-state index < -0.39 is 24.1 Å². The van der Waals surface area contributed by atoms with Crippen molar-refractivity contribution in [1.82, 2.24) is 5.06 Å². The maximum absolute atomic E-state index is 11.1. The van der Waals surface area contributed by atoms with Crippen molar-refractivity contribution in [1.29, 1.82) is 0 Å². The Bertz CT molecular complexity index is 227. The summed E-state index contributed by atoms with van der Waals surface area (Å²) in [5.41, 5.74) is 0. The number of aliphatic carboxylic acids is 1. The standard InChI is InChI=1S/C7H11NO5/c1-8(12)6(9)4-2-3-5(13-4)7(10)11/h4-5,12H,2-3H2,1H3,(H,10,11)/t4-,5+/m0/s1. The molecule has 6 nitrogen and oxygen atoms in total. The second-order valence-corrected chi connectivity index (χ2v) is 2.89. The van der Waals surface area contributed by atoms with Crippen LogP contribution >= 0.6 is 0 Å². The van der Waals surface area contributed by atoms with E-state index in [9.17, 15) is 9.59 Å². The van der Waals surface area contributed by atoms with Crippen LogP contribution in [0.3, 0.4) is 0 Å². The minimum Gasteiger partial charge on any atom is -0.479 e. The van der Waals surface area contributed by atoms with Crippen molar-refractivity contribution in [2.24, 2.45) is 0 Å². The number of carboxylic acids is 1. The van der Waals surface area contributed by atoms with Crippen molar-refractivity contribution in [2.45, 2.75) is 25.0 Å². The summed E-state index contributed by atoms with van der Waals surface area (Å²) < 4.78 is 4.90. The van der Waals surface area contributed by atoms with Gasteiger partial charge in [0.1, 0.15) is 6.10 Å². The van der Waals surface area contributed by atoms with Crippen LogP contribution in [0.2, 0.25) is 0 Å². The molecule has 1 saturated heterocycles. The van der Waals surface area contributed by atoms with Crippen LogP contribution in [-0.2, 0) is 14.3 Å². The highest BCUT2D eigenvalue weighted by Gasteiger charge is 2.35. The molecule has 0 aromatic rings. The van der Waals surface area contributed by atoms with Gasteiger partial charge in [-0.3, -0.25) is 10.0 Å². The molecule has 1 amide bonds. The van der Waals surface area contributed by atoms with Gasteiger partial charge in [-0.15, -0.1) is 0 Å². The van der Waals surface area contributed by atoms with Crippen LogP contribution < -0.4 is 0 Å². The smallest absolute Gasteiger partial charge is 0.332 e.